The van der Waals surface area contributed by atoms with E-state index in [1.807, 2.05) is 0 Å². The molecule has 1 atom stereocenters. The summed E-state index contributed by atoms with van der Waals surface area (Å²) in [6.07, 6.45) is 10.9. The molecule has 1 aromatic rings. The molecule has 5 rings (SSSR count). The molecule has 142 valence electrons. The molecule has 26 heavy (non-hydrogen) atoms. The molecule has 0 spiro atoms. The highest BCUT2D eigenvalue weighted by molar-refractivity contribution is 5.91. The van der Waals surface area contributed by atoms with Crippen molar-refractivity contribution in [2.75, 3.05) is 6.54 Å². The van der Waals surface area contributed by atoms with Gasteiger partial charge in [0.05, 0.1) is 6.26 Å². The zero-order valence-corrected chi connectivity index (χ0v) is 15.6. The fourth-order valence-corrected chi connectivity index (χ4v) is 6.34. The van der Waals surface area contributed by atoms with Gasteiger partial charge in [-0.2, -0.15) is 0 Å². The zero-order valence-electron chi connectivity index (χ0n) is 15.6. The molecular formula is C21H30N2O3. The van der Waals surface area contributed by atoms with Gasteiger partial charge >= 0.3 is 0 Å². The van der Waals surface area contributed by atoms with Gasteiger partial charge in [0.2, 0.25) is 5.91 Å². The Bertz CT molecular complexity index is 617. The van der Waals surface area contributed by atoms with Crippen molar-refractivity contribution in [1.82, 2.24) is 10.6 Å². The van der Waals surface area contributed by atoms with Crippen LogP contribution in [0.2, 0.25) is 0 Å². The minimum absolute atomic E-state index is 0.0485. The molecule has 1 unspecified atom stereocenters. The Kier molecular flexibility index (Phi) is 4.80. The van der Waals surface area contributed by atoms with Crippen molar-refractivity contribution in [2.24, 2.45) is 23.2 Å². The van der Waals surface area contributed by atoms with Crippen LogP contribution in [0.25, 0.3) is 0 Å². The Hall–Kier alpha value is -1.78. The first-order valence-corrected chi connectivity index (χ1v) is 10.2. The Balaban J connectivity index is 1.29. The summed E-state index contributed by atoms with van der Waals surface area (Å²) < 4.78 is 5.06. The number of carbonyl (C=O) groups excluding carboxylic acids is 2. The van der Waals surface area contributed by atoms with E-state index in [2.05, 4.69) is 17.6 Å². The van der Waals surface area contributed by atoms with Crippen LogP contribution in [0.4, 0.5) is 0 Å². The standard InChI is InChI=1S/C21H30N2O3/c1-2-18(21-11-14-8-15(12-21)10-16(9-14)13-21)23-19(24)5-6-22-20(25)17-4-3-7-26-17/h3-4,7,14-16,18H,2,5-6,8-13H2,1H3,(H,22,25)(H,23,24). The van der Waals surface area contributed by atoms with Gasteiger partial charge in [0, 0.05) is 19.0 Å². The molecular weight excluding hydrogens is 328 g/mol. The molecule has 0 aromatic carbocycles. The molecule has 1 aromatic heterocycles. The maximum absolute atomic E-state index is 12.5. The molecule has 4 saturated carbocycles. The number of amides is 2. The predicted molar refractivity (Wildman–Crippen MR) is 98.5 cm³/mol. The smallest absolute Gasteiger partial charge is 0.286 e. The number of nitrogens with one attached hydrogen (secondary N) is 2. The van der Waals surface area contributed by atoms with Gasteiger partial charge < -0.3 is 15.1 Å². The van der Waals surface area contributed by atoms with Gasteiger partial charge in [-0.05, 0) is 80.2 Å². The molecule has 0 aliphatic heterocycles. The second-order valence-electron chi connectivity index (χ2n) is 8.79. The van der Waals surface area contributed by atoms with Crippen molar-refractivity contribution in [2.45, 2.75) is 64.3 Å². The third-order valence-electron chi connectivity index (χ3n) is 6.95. The molecule has 5 nitrogen and oxygen atoms in total. The lowest BCUT2D eigenvalue weighted by Gasteiger charge is -2.59. The van der Waals surface area contributed by atoms with Crippen molar-refractivity contribution >= 4 is 11.8 Å². The maximum atomic E-state index is 12.5. The van der Waals surface area contributed by atoms with Gasteiger partial charge in [-0.25, -0.2) is 0 Å². The molecule has 5 heteroatoms. The third kappa shape index (κ3) is 3.40. The highest BCUT2D eigenvalue weighted by Crippen LogP contribution is 2.61. The summed E-state index contributed by atoms with van der Waals surface area (Å²) in [6, 6.07) is 3.58. The molecule has 2 N–H and O–H groups in total. The highest BCUT2D eigenvalue weighted by Gasteiger charge is 2.53. The van der Waals surface area contributed by atoms with Gasteiger partial charge in [0.15, 0.2) is 5.76 Å². The lowest BCUT2D eigenvalue weighted by atomic mass is 9.47. The normalized spacial score (nSPS) is 33.0. The average molecular weight is 358 g/mol. The van der Waals surface area contributed by atoms with Gasteiger partial charge in [-0.3, -0.25) is 9.59 Å². The first kappa shape index (κ1) is 17.6. The summed E-state index contributed by atoms with van der Waals surface area (Å²) in [5, 5.41) is 6.07. The van der Waals surface area contributed by atoms with E-state index in [9.17, 15) is 9.59 Å². The van der Waals surface area contributed by atoms with Crippen LogP contribution >= 0.6 is 0 Å². The van der Waals surface area contributed by atoms with Crippen molar-refractivity contribution in [1.29, 1.82) is 0 Å². The van der Waals surface area contributed by atoms with Crippen LogP contribution in [0.1, 0.15) is 68.8 Å². The number of hydrogen-bond donors (Lipinski definition) is 2. The van der Waals surface area contributed by atoms with Crippen LogP contribution in [0.5, 0.6) is 0 Å². The van der Waals surface area contributed by atoms with Crippen LogP contribution in [0.15, 0.2) is 22.8 Å². The van der Waals surface area contributed by atoms with Crippen molar-refractivity contribution in [3.05, 3.63) is 24.2 Å². The Morgan fingerprint density at radius 1 is 1.19 bits per heavy atom. The Morgan fingerprint density at radius 3 is 2.38 bits per heavy atom. The van der Waals surface area contributed by atoms with Gasteiger partial charge in [0.25, 0.3) is 5.91 Å². The van der Waals surface area contributed by atoms with Gasteiger partial charge in [-0.15, -0.1) is 0 Å². The third-order valence-corrected chi connectivity index (χ3v) is 6.95. The first-order valence-electron chi connectivity index (χ1n) is 10.2. The Morgan fingerprint density at radius 2 is 1.85 bits per heavy atom. The monoisotopic (exact) mass is 358 g/mol. The molecule has 4 aliphatic carbocycles. The van der Waals surface area contributed by atoms with Crippen molar-refractivity contribution in [3.63, 3.8) is 0 Å². The molecule has 4 aliphatic rings. The van der Waals surface area contributed by atoms with E-state index < -0.39 is 0 Å². The minimum Gasteiger partial charge on any atom is -0.459 e. The molecule has 1 heterocycles. The van der Waals surface area contributed by atoms with E-state index in [1.54, 1.807) is 12.1 Å². The summed E-state index contributed by atoms with van der Waals surface area (Å²) in [6.45, 7) is 2.53. The van der Waals surface area contributed by atoms with Crippen LogP contribution in [0, 0.1) is 23.2 Å². The number of furan rings is 1. The zero-order chi connectivity index (χ0) is 18.1. The van der Waals surface area contributed by atoms with E-state index >= 15 is 0 Å². The lowest BCUT2D eigenvalue weighted by molar-refractivity contribution is -0.126. The quantitative estimate of drug-likeness (QED) is 0.783. The second-order valence-corrected chi connectivity index (χ2v) is 8.79. The van der Waals surface area contributed by atoms with Crippen molar-refractivity contribution in [3.8, 4) is 0 Å². The van der Waals surface area contributed by atoms with E-state index in [4.69, 9.17) is 4.42 Å². The van der Waals surface area contributed by atoms with Crippen LogP contribution in [-0.4, -0.2) is 24.4 Å². The van der Waals surface area contributed by atoms with Gasteiger partial charge in [-0.1, -0.05) is 6.92 Å². The van der Waals surface area contributed by atoms with E-state index in [-0.39, 0.29) is 23.6 Å². The summed E-state index contributed by atoms with van der Waals surface area (Å²) in [5.41, 5.74) is 0.330. The van der Waals surface area contributed by atoms with E-state index in [0.29, 0.717) is 18.4 Å². The molecule has 4 bridgehead atoms. The van der Waals surface area contributed by atoms with Crippen LogP contribution in [-0.2, 0) is 4.79 Å². The summed E-state index contributed by atoms with van der Waals surface area (Å²) in [5.74, 6) is 2.73. The average Bonchev–Trinajstić information content (AvgIpc) is 3.13. The summed E-state index contributed by atoms with van der Waals surface area (Å²) in [7, 11) is 0. The maximum Gasteiger partial charge on any atom is 0.286 e. The second kappa shape index (κ2) is 7.09. The summed E-state index contributed by atoms with van der Waals surface area (Å²) >= 11 is 0. The van der Waals surface area contributed by atoms with Gasteiger partial charge in [0.1, 0.15) is 0 Å². The molecule has 4 fully saturated rings. The molecule has 0 radical (unpaired) electrons. The number of hydrogen-bond acceptors (Lipinski definition) is 3. The highest BCUT2D eigenvalue weighted by atomic mass is 16.3. The summed E-state index contributed by atoms with van der Waals surface area (Å²) in [4.78, 5) is 24.3. The molecule has 2 amide bonds. The topological polar surface area (TPSA) is 71.3 Å². The predicted octanol–water partition coefficient (Wildman–Crippen LogP) is 3.51. The Labute approximate surface area is 155 Å². The van der Waals surface area contributed by atoms with E-state index in [0.717, 1.165) is 24.2 Å². The van der Waals surface area contributed by atoms with Crippen molar-refractivity contribution < 1.29 is 14.0 Å². The fourth-order valence-electron chi connectivity index (χ4n) is 6.34. The van der Waals surface area contributed by atoms with E-state index in [1.165, 1.54) is 44.8 Å². The fraction of sp³-hybridized carbons (Fsp3) is 0.714. The number of rotatable bonds is 7. The minimum atomic E-state index is -0.268. The largest absolute Gasteiger partial charge is 0.459 e. The number of carbonyl (C=O) groups is 2. The SMILES string of the molecule is CCC(NC(=O)CCNC(=O)c1ccco1)C12CC3CC(CC(C3)C1)C2. The van der Waals surface area contributed by atoms with Crippen LogP contribution < -0.4 is 10.6 Å². The first-order chi connectivity index (χ1) is 12.6. The van der Waals surface area contributed by atoms with Crippen LogP contribution in [0.3, 0.4) is 0 Å². The molecule has 0 saturated heterocycles. The lowest BCUT2D eigenvalue weighted by Crippen LogP contribution is -2.56.